The number of hydrogen-bond acceptors (Lipinski definition) is 2. The summed E-state index contributed by atoms with van der Waals surface area (Å²) in [5.74, 6) is 0. The van der Waals surface area contributed by atoms with E-state index in [9.17, 15) is 0 Å². The lowest BCUT2D eigenvalue weighted by Crippen LogP contribution is -1.92. The molecule has 2 rings (SSSR count). The maximum Gasteiger partial charge on any atom is 0.0894 e. The van der Waals surface area contributed by atoms with Crippen LogP contribution in [0.25, 0.3) is 0 Å². The average Bonchev–Trinajstić information content (AvgIpc) is 2.38. The Hall–Kier alpha value is -0.500. The predicted octanol–water partition coefficient (Wildman–Crippen LogP) is 3.16. The quantitative estimate of drug-likeness (QED) is 0.684. The summed E-state index contributed by atoms with van der Waals surface area (Å²) >= 11 is 1.82. The van der Waals surface area contributed by atoms with Crippen molar-refractivity contribution >= 4 is 16.3 Å². The van der Waals surface area contributed by atoms with Gasteiger partial charge in [0.05, 0.1) is 5.00 Å². The van der Waals surface area contributed by atoms with Gasteiger partial charge in [-0.05, 0) is 43.2 Å². The first-order valence-electron chi connectivity index (χ1n) is 5.21. The van der Waals surface area contributed by atoms with E-state index in [0.717, 1.165) is 11.4 Å². The van der Waals surface area contributed by atoms with Crippen molar-refractivity contribution in [2.75, 3.05) is 5.73 Å². The van der Waals surface area contributed by atoms with Crippen molar-refractivity contribution in [1.29, 1.82) is 0 Å². The van der Waals surface area contributed by atoms with Crippen molar-refractivity contribution in [3.63, 3.8) is 0 Å². The van der Waals surface area contributed by atoms with Gasteiger partial charge in [0.25, 0.3) is 0 Å². The lowest BCUT2D eigenvalue weighted by Gasteiger charge is -2.00. The molecule has 0 aliphatic heterocycles. The largest absolute Gasteiger partial charge is 0.390 e. The Balaban J connectivity index is 2.42. The molecule has 0 unspecified atom stereocenters. The predicted molar refractivity (Wildman–Crippen MR) is 59.4 cm³/mol. The van der Waals surface area contributed by atoms with Crippen LogP contribution in [-0.4, -0.2) is 0 Å². The van der Waals surface area contributed by atoms with Gasteiger partial charge in [0.15, 0.2) is 0 Å². The molecule has 1 aromatic heterocycles. The number of rotatable bonds is 1. The molecule has 1 nitrogen and oxygen atoms in total. The van der Waals surface area contributed by atoms with Crippen LogP contribution in [0.15, 0.2) is 0 Å². The van der Waals surface area contributed by atoms with Gasteiger partial charge in [-0.2, -0.15) is 0 Å². The molecule has 2 N–H and O–H groups in total. The lowest BCUT2D eigenvalue weighted by atomic mass is 10.0. The zero-order valence-corrected chi connectivity index (χ0v) is 9.04. The fraction of sp³-hybridized carbons (Fsp3) is 0.636. The molecule has 0 atom stereocenters. The van der Waals surface area contributed by atoms with E-state index in [4.69, 9.17) is 5.73 Å². The van der Waals surface area contributed by atoms with Crippen molar-refractivity contribution < 1.29 is 0 Å². The Morgan fingerprint density at radius 2 is 1.85 bits per heavy atom. The molecule has 0 aromatic carbocycles. The number of anilines is 1. The molecule has 0 spiro atoms. The number of aryl methyl sites for hydroxylation is 1. The van der Waals surface area contributed by atoms with E-state index in [2.05, 4.69) is 6.92 Å². The molecule has 72 valence electrons. The molecule has 13 heavy (non-hydrogen) atoms. The fourth-order valence-corrected chi connectivity index (χ4v) is 3.31. The second-order valence-electron chi connectivity index (χ2n) is 3.76. The number of hydrogen-bond donors (Lipinski definition) is 1. The van der Waals surface area contributed by atoms with Crippen molar-refractivity contribution in [3.8, 4) is 0 Å². The molecule has 0 saturated heterocycles. The van der Waals surface area contributed by atoms with Crippen molar-refractivity contribution in [2.45, 2.75) is 45.4 Å². The third kappa shape index (κ3) is 1.60. The molecule has 0 radical (unpaired) electrons. The van der Waals surface area contributed by atoms with Gasteiger partial charge in [-0.1, -0.05) is 13.3 Å². The maximum absolute atomic E-state index is 6.03. The summed E-state index contributed by atoms with van der Waals surface area (Å²) in [6.07, 6.45) is 7.71. The number of thiophene rings is 1. The molecule has 1 aliphatic carbocycles. The Kier molecular flexibility index (Phi) is 2.58. The summed E-state index contributed by atoms with van der Waals surface area (Å²) in [5, 5.41) is 1.09. The molecule has 0 saturated carbocycles. The molecule has 1 aliphatic rings. The van der Waals surface area contributed by atoms with Crippen LogP contribution in [0.4, 0.5) is 5.00 Å². The van der Waals surface area contributed by atoms with Gasteiger partial charge in [-0.3, -0.25) is 0 Å². The smallest absolute Gasteiger partial charge is 0.0894 e. The van der Waals surface area contributed by atoms with Crippen molar-refractivity contribution in [3.05, 3.63) is 16.0 Å². The van der Waals surface area contributed by atoms with Gasteiger partial charge >= 0.3 is 0 Å². The van der Waals surface area contributed by atoms with Crippen LogP contribution >= 0.6 is 11.3 Å². The standard InChI is InChI=1S/C11H17NS/c1-2-10-8-6-4-3-5-7-9(8)11(12)13-10/h2-7,12H2,1H3. The zero-order chi connectivity index (χ0) is 9.26. The van der Waals surface area contributed by atoms with Gasteiger partial charge in [0, 0.05) is 4.88 Å². The van der Waals surface area contributed by atoms with Crippen molar-refractivity contribution in [1.82, 2.24) is 0 Å². The van der Waals surface area contributed by atoms with Crippen LogP contribution in [0, 0.1) is 0 Å². The molecule has 0 fully saturated rings. The zero-order valence-electron chi connectivity index (χ0n) is 8.23. The molecule has 0 bridgehead atoms. The molecule has 1 aromatic rings. The number of nitrogen functional groups attached to an aromatic ring is 1. The third-order valence-corrected chi connectivity index (χ3v) is 4.15. The van der Waals surface area contributed by atoms with Crippen LogP contribution in [0.3, 0.4) is 0 Å². The van der Waals surface area contributed by atoms with E-state index in [1.54, 1.807) is 5.56 Å². The SMILES string of the molecule is CCc1sc(N)c2c1CCCCC2. The van der Waals surface area contributed by atoms with E-state index in [-0.39, 0.29) is 0 Å². The van der Waals surface area contributed by atoms with E-state index in [1.807, 2.05) is 11.3 Å². The first-order valence-corrected chi connectivity index (χ1v) is 6.03. The monoisotopic (exact) mass is 195 g/mol. The highest BCUT2D eigenvalue weighted by molar-refractivity contribution is 7.16. The van der Waals surface area contributed by atoms with Gasteiger partial charge < -0.3 is 5.73 Å². The number of fused-ring (bicyclic) bond motifs is 1. The normalized spacial score (nSPS) is 16.7. The summed E-state index contributed by atoms with van der Waals surface area (Å²) in [4.78, 5) is 1.54. The van der Waals surface area contributed by atoms with Crippen molar-refractivity contribution in [2.24, 2.45) is 0 Å². The Morgan fingerprint density at radius 1 is 1.15 bits per heavy atom. The second kappa shape index (κ2) is 3.70. The van der Waals surface area contributed by atoms with Crippen LogP contribution in [0.2, 0.25) is 0 Å². The summed E-state index contributed by atoms with van der Waals surface area (Å²) in [6.45, 7) is 2.23. The van der Waals surface area contributed by atoms with Crippen LogP contribution in [0.5, 0.6) is 0 Å². The summed E-state index contributed by atoms with van der Waals surface area (Å²) in [5.41, 5.74) is 9.11. The molecular weight excluding hydrogens is 178 g/mol. The summed E-state index contributed by atoms with van der Waals surface area (Å²) < 4.78 is 0. The van der Waals surface area contributed by atoms with Crippen LogP contribution in [-0.2, 0) is 19.3 Å². The fourth-order valence-electron chi connectivity index (χ4n) is 2.20. The van der Waals surface area contributed by atoms with E-state index in [0.29, 0.717) is 0 Å². The van der Waals surface area contributed by atoms with Gasteiger partial charge in [0.2, 0.25) is 0 Å². The lowest BCUT2D eigenvalue weighted by molar-refractivity contribution is 0.711. The highest BCUT2D eigenvalue weighted by atomic mass is 32.1. The molecule has 1 heterocycles. The minimum atomic E-state index is 1.09. The maximum atomic E-state index is 6.03. The molecule has 2 heteroatoms. The first-order chi connectivity index (χ1) is 6.33. The molecule has 0 amide bonds. The Morgan fingerprint density at radius 3 is 2.54 bits per heavy atom. The molecular formula is C11H17NS. The van der Waals surface area contributed by atoms with Gasteiger partial charge in [-0.25, -0.2) is 0 Å². The van der Waals surface area contributed by atoms with Gasteiger partial charge in [0.1, 0.15) is 0 Å². The van der Waals surface area contributed by atoms with E-state index in [1.165, 1.54) is 42.5 Å². The highest BCUT2D eigenvalue weighted by Crippen LogP contribution is 2.35. The van der Waals surface area contributed by atoms with E-state index < -0.39 is 0 Å². The van der Waals surface area contributed by atoms with Gasteiger partial charge in [-0.15, -0.1) is 11.3 Å². The average molecular weight is 195 g/mol. The topological polar surface area (TPSA) is 26.0 Å². The highest BCUT2D eigenvalue weighted by Gasteiger charge is 2.16. The Labute approximate surface area is 84.0 Å². The minimum absolute atomic E-state index is 1.09. The van der Waals surface area contributed by atoms with E-state index >= 15 is 0 Å². The Bertz CT molecular complexity index is 301. The van der Waals surface area contributed by atoms with Crippen LogP contribution < -0.4 is 5.73 Å². The summed E-state index contributed by atoms with van der Waals surface area (Å²) in [7, 11) is 0. The first kappa shape index (κ1) is 9.07. The summed E-state index contributed by atoms with van der Waals surface area (Å²) in [6, 6.07) is 0. The third-order valence-electron chi connectivity index (χ3n) is 2.91. The second-order valence-corrected chi connectivity index (χ2v) is 4.90. The minimum Gasteiger partial charge on any atom is -0.390 e. The number of nitrogens with two attached hydrogens (primary N) is 1. The van der Waals surface area contributed by atoms with Crippen LogP contribution in [0.1, 0.15) is 42.2 Å².